The molecule has 31 heavy (non-hydrogen) atoms. The molecule has 1 saturated carbocycles. The van der Waals surface area contributed by atoms with Gasteiger partial charge in [0.05, 0.1) is 12.2 Å². The van der Waals surface area contributed by atoms with Gasteiger partial charge in [-0.25, -0.2) is 4.68 Å². The standard InChI is InChI=1S/C24H32N4O3/c1-17-6-5-7-18(2)27(17)23(29)16-31-21-12-10-19(11-13-21)24(30)26-22-14-15-25-28(22)20-8-3-4-9-20/h10-15,17-18,20H,3-9,16H2,1-2H3,(H,26,30). The molecule has 1 aliphatic heterocycles. The number of hydrogen-bond acceptors (Lipinski definition) is 4. The molecule has 2 aliphatic rings. The minimum Gasteiger partial charge on any atom is -0.484 e. The van der Waals surface area contributed by atoms with E-state index in [1.54, 1.807) is 30.5 Å². The van der Waals surface area contributed by atoms with Gasteiger partial charge in [0.2, 0.25) is 0 Å². The van der Waals surface area contributed by atoms with Crippen molar-refractivity contribution in [3.05, 3.63) is 42.1 Å². The van der Waals surface area contributed by atoms with Crippen LogP contribution < -0.4 is 10.1 Å². The van der Waals surface area contributed by atoms with Crippen LogP contribution in [0, 0.1) is 0 Å². The van der Waals surface area contributed by atoms with Crippen molar-refractivity contribution < 1.29 is 14.3 Å². The molecule has 4 rings (SSSR count). The summed E-state index contributed by atoms with van der Waals surface area (Å²) in [5, 5.41) is 7.36. The second kappa shape index (κ2) is 9.54. The van der Waals surface area contributed by atoms with Crippen molar-refractivity contribution in [1.82, 2.24) is 14.7 Å². The van der Waals surface area contributed by atoms with E-state index in [2.05, 4.69) is 24.3 Å². The van der Waals surface area contributed by atoms with Gasteiger partial charge in [-0.1, -0.05) is 12.8 Å². The molecular formula is C24H32N4O3. The van der Waals surface area contributed by atoms with Gasteiger partial charge >= 0.3 is 0 Å². The van der Waals surface area contributed by atoms with Gasteiger partial charge < -0.3 is 15.0 Å². The van der Waals surface area contributed by atoms with Gasteiger partial charge in [0.1, 0.15) is 11.6 Å². The Kier molecular flexibility index (Phi) is 6.59. The van der Waals surface area contributed by atoms with Crippen LogP contribution in [0.1, 0.15) is 75.2 Å². The van der Waals surface area contributed by atoms with E-state index in [4.69, 9.17) is 4.74 Å². The summed E-state index contributed by atoms with van der Waals surface area (Å²) >= 11 is 0. The number of piperidine rings is 1. The van der Waals surface area contributed by atoms with Crippen LogP contribution in [0.2, 0.25) is 0 Å². The molecule has 1 aliphatic carbocycles. The first-order chi connectivity index (χ1) is 15.0. The van der Waals surface area contributed by atoms with Crippen molar-refractivity contribution in [1.29, 1.82) is 0 Å². The quantitative estimate of drug-likeness (QED) is 0.745. The zero-order chi connectivity index (χ0) is 21.8. The Bertz CT molecular complexity index is 892. The fourth-order valence-electron chi connectivity index (χ4n) is 4.88. The Hall–Kier alpha value is -2.83. The summed E-state index contributed by atoms with van der Waals surface area (Å²) in [7, 11) is 0. The van der Waals surface area contributed by atoms with Crippen molar-refractivity contribution in [2.24, 2.45) is 0 Å². The summed E-state index contributed by atoms with van der Waals surface area (Å²) in [6.45, 7) is 4.21. The third-order valence-electron chi connectivity index (χ3n) is 6.54. The highest BCUT2D eigenvalue weighted by atomic mass is 16.5. The van der Waals surface area contributed by atoms with Crippen molar-refractivity contribution in [3.63, 3.8) is 0 Å². The zero-order valence-electron chi connectivity index (χ0n) is 18.4. The number of nitrogens with one attached hydrogen (secondary N) is 1. The van der Waals surface area contributed by atoms with Gasteiger partial charge in [-0.3, -0.25) is 9.59 Å². The number of nitrogens with zero attached hydrogens (tertiary/aromatic N) is 3. The average molecular weight is 425 g/mol. The second-order valence-corrected chi connectivity index (χ2v) is 8.80. The molecule has 166 valence electrons. The predicted octanol–water partition coefficient (Wildman–Crippen LogP) is 4.42. The fourth-order valence-corrected chi connectivity index (χ4v) is 4.88. The number of carbonyl (C=O) groups is 2. The van der Waals surface area contributed by atoms with Crippen LogP contribution >= 0.6 is 0 Å². The summed E-state index contributed by atoms with van der Waals surface area (Å²) in [5.74, 6) is 1.14. The van der Waals surface area contributed by atoms with Crippen LogP contribution in [0.4, 0.5) is 5.82 Å². The molecule has 7 nitrogen and oxygen atoms in total. The number of benzene rings is 1. The summed E-state index contributed by atoms with van der Waals surface area (Å²) in [5.41, 5.74) is 0.538. The van der Waals surface area contributed by atoms with Crippen LogP contribution in [-0.2, 0) is 4.79 Å². The van der Waals surface area contributed by atoms with Gasteiger partial charge in [-0.2, -0.15) is 5.10 Å². The molecule has 1 aromatic carbocycles. The first kappa shape index (κ1) is 21.4. The lowest BCUT2D eigenvalue weighted by Crippen LogP contribution is -2.49. The first-order valence-electron chi connectivity index (χ1n) is 11.4. The number of likely N-dealkylation sites (tertiary alicyclic amines) is 1. The maximum Gasteiger partial charge on any atom is 0.260 e. The molecule has 2 heterocycles. The van der Waals surface area contributed by atoms with Gasteiger partial charge in [0, 0.05) is 23.7 Å². The third kappa shape index (κ3) is 4.92. The molecule has 0 bridgehead atoms. The monoisotopic (exact) mass is 424 g/mol. The van der Waals surface area contributed by atoms with Crippen LogP contribution in [0.15, 0.2) is 36.5 Å². The molecule has 0 radical (unpaired) electrons. The van der Waals surface area contributed by atoms with Crippen molar-refractivity contribution in [2.75, 3.05) is 11.9 Å². The maximum atomic E-state index is 12.7. The highest BCUT2D eigenvalue weighted by molar-refractivity contribution is 6.03. The van der Waals surface area contributed by atoms with E-state index in [1.165, 1.54) is 12.8 Å². The van der Waals surface area contributed by atoms with E-state index in [0.29, 0.717) is 17.4 Å². The molecule has 0 spiro atoms. The Morgan fingerprint density at radius 2 is 1.68 bits per heavy atom. The van der Waals surface area contributed by atoms with E-state index in [0.717, 1.165) is 37.9 Å². The number of amides is 2. The summed E-state index contributed by atoms with van der Waals surface area (Å²) < 4.78 is 7.64. The lowest BCUT2D eigenvalue weighted by atomic mass is 9.97. The van der Waals surface area contributed by atoms with Crippen LogP contribution in [0.3, 0.4) is 0 Å². The predicted molar refractivity (Wildman–Crippen MR) is 119 cm³/mol. The highest BCUT2D eigenvalue weighted by Gasteiger charge is 2.29. The smallest absolute Gasteiger partial charge is 0.260 e. The van der Waals surface area contributed by atoms with Gasteiger partial charge in [-0.05, 0) is 70.2 Å². The Morgan fingerprint density at radius 1 is 1.00 bits per heavy atom. The number of anilines is 1. The SMILES string of the molecule is CC1CCCC(C)N1C(=O)COc1ccc(C(=O)Nc2ccnn2C2CCCC2)cc1. The lowest BCUT2D eigenvalue weighted by Gasteiger charge is -2.38. The molecule has 2 fully saturated rings. The Balaban J connectivity index is 1.32. The lowest BCUT2D eigenvalue weighted by molar-refractivity contribution is -0.139. The molecule has 2 atom stereocenters. The van der Waals surface area contributed by atoms with E-state index >= 15 is 0 Å². The number of rotatable bonds is 6. The molecule has 1 saturated heterocycles. The topological polar surface area (TPSA) is 76.5 Å². The summed E-state index contributed by atoms with van der Waals surface area (Å²) in [6, 6.07) is 9.62. The van der Waals surface area contributed by atoms with E-state index < -0.39 is 0 Å². The molecular weight excluding hydrogens is 392 g/mol. The van der Waals surface area contributed by atoms with Crippen LogP contribution in [-0.4, -0.2) is 45.2 Å². The summed E-state index contributed by atoms with van der Waals surface area (Å²) in [6.07, 6.45) is 9.59. The Labute approximate surface area is 183 Å². The van der Waals surface area contributed by atoms with Gasteiger partial charge in [0.15, 0.2) is 6.61 Å². The third-order valence-corrected chi connectivity index (χ3v) is 6.54. The van der Waals surface area contributed by atoms with Crippen LogP contribution in [0.5, 0.6) is 5.75 Å². The molecule has 2 aromatic rings. The highest BCUT2D eigenvalue weighted by Crippen LogP contribution is 2.31. The van der Waals surface area contributed by atoms with E-state index in [-0.39, 0.29) is 30.5 Å². The summed E-state index contributed by atoms with van der Waals surface area (Å²) in [4.78, 5) is 27.2. The zero-order valence-corrected chi connectivity index (χ0v) is 18.4. The van der Waals surface area contributed by atoms with Crippen LogP contribution in [0.25, 0.3) is 0 Å². The van der Waals surface area contributed by atoms with Crippen molar-refractivity contribution >= 4 is 17.6 Å². The van der Waals surface area contributed by atoms with Crippen molar-refractivity contribution in [2.45, 2.75) is 76.9 Å². The van der Waals surface area contributed by atoms with E-state index in [9.17, 15) is 9.59 Å². The molecule has 2 unspecified atom stereocenters. The number of ether oxygens (including phenoxy) is 1. The molecule has 2 amide bonds. The second-order valence-electron chi connectivity index (χ2n) is 8.80. The number of hydrogen-bond donors (Lipinski definition) is 1. The normalized spacial score (nSPS) is 21.8. The minimum atomic E-state index is -0.182. The number of carbonyl (C=O) groups excluding carboxylic acids is 2. The minimum absolute atomic E-state index is 0.0147. The van der Waals surface area contributed by atoms with Gasteiger partial charge in [0.25, 0.3) is 11.8 Å². The van der Waals surface area contributed by atoms with E-state index in [1.807, 2.05) is 15.6 Å². The molecule has 1 N–H and O–H groups in total. The average Bonchev–Trinajstić information content (AvgIpc) is 3.44. The largest absolute Gasteiger partial charge is 0.484 e. The van der Waals surface area contributed by atoms with Crippen molar-refractivity contribution in [3.8, 4) is 5.75 Å². The number of aromatic nitrogens is 2. The van der Waals surface area contributed by atoms with Gasteiger partial charge in [-0.15, -0.1) is 0 Å². The fraction of sp³-hybridized carbons (Fsp3) is 0.542. The molecule has 7 heteroatoms. The maximum absolute atomic E-state index is 12.7. The molecule has 1 aromatic heterocycles. The first-order valence-corrected chi connectivity index (χ1v) is 11.4. The Morgan fingerprint density at radius 3 is 2.35 bits per heavy atom.